The number of morpholine rings is 1. The van der Waals surface area contributed by atoms with E-state index in [4.69, 9.17) is 16.3 Å². The molecule has 4 nitrogen and oxygen atoms in total. The monoisotopic (exact) mass is 269 g/mol. The van der Waals surface area contributed by atoms with Gasteiger partial charge in [0.1, 0.15) is 0 Å². The van der Waals surface area contributed by atoms with E-state index in [2.05, 4.69) is 0 Å². The number of para-hydroxylation sites is 1. The predicted octanol–water partition coefficient (Wildman–Crippen LogP) is 2.65. The summed E-state index contributed by atoms with van der Waals surface area (Å²) < 4.78 is 5.55. The molecule has 2 unspecified atom stereocenters. The number of hydrogen-bond donors (Lipinski definition) is 1. The summed E-state index contributed by atoms with van der Waals surface area (Å²) in [5.41, 5.74) is 0.831. The molecule has 5 heteroatoms. The Hall–Kier alpha value is -1.26. The quantitative estimate of drug-likeness (QED) is 0.897. The zero-order valence-electron chi connectivity index (χ0n) is 10.4. The van der Waals surface area contributed by atoms with E-state index < -0.39 is 5.97 Å². The highest BCUT2D eigenvalue weighted by atomic mass is 35.5. The van der Waals surface area contributed by atoms with Gasteiger partial charge < -0.3 is 14.7 Å². The number of rotatable bonds is 2. The molecule has 0 spiro atoms. The smallest absolute Gasteiger partial charge is 0.337 e. The highest BCUT2D eigenvalue weighted by molar-refractivity contribution is 6.34. The molecule has 0 amide bonds. The summed E-state index contributed by atoms with van der Waals surface area (Å²) in [5.74, 6) is -0.959. The van der Waals surface area contributed by atoms with Gasteiger partial charge in [-0.1, -0.05) is 17.7 Å². The first kappa shape index (κ1) is 13.2. The van der Waals surface area contributed by atoms with E-state index in [9.17, 15) is 9.90 Å². The van der Waals surface area contributed by atoms with Gasteiger partial charge in [0.2, 0.25) is 0 Å². The van der Waals surface area contributed by atoms with Crippen molar-refractivity contribution in [2.75, 3.05) is 18.1 Å². The van der Waals surface area contributed by atoms with Crippen molar-refractivity contribution in [1.29, 1.82) is 0 Å². The Morgan fingerprint density at radius 3 is 2.89 bits per heavy atom. The number of aromatic carboxylic acids is 1. The molecule has 2 rings (SSSR count). The standard InChI is InChI=1S/C13H16ClNO3/c1-8-7-18-9(2)6-15(8)12-10(13(16)17)4-3-5-11(12)14/h3-5,8-9H,6-7H2,1-2H3,(H,16,17). The summed E-state index contributed by atoms with van der Waals surface area (Å²) in [6.45, 7) is 5.19. The van der Waals surface area contributed by atoms with Crippen LogP contribution in [0.25, 0.3) is 0 Å². The molecule has 18 heavy (non-hydrogen) atoms. The maximum atomic E-state index is 11.3. The fourth-order valence-corrected chi connectivity index (χ4v) is 2.48. The molecule has 0 bridgehead atoms. The van der Waals surface area contributed by atoms with E-state index in [1.54, 1.807) is 18.2 Å². The van der Waals surface area contributed by atoms with Gasteiger partial charge in [-0.05, 0) is 26.0 Å². The number of carboxylic acid groups (broad SMARTS) is 1. The number of carbonyl (C=O) groups is 1. The second-order valence-electron chi connectivity index (χ2n) is 4.59. The van der Waals surface area contributed by atoms with Crippen LogP contribution in [-0.4, -0.2) is 36.4 Å². The predicted molar refractivity (Wildman–Crippen MR) is 70.6 cm³/mol. The van der Waals surface area contributed by atoms with Crippen molar-refractivity contribution in [3.63, 3.8) is 0 Å². The molecule has 0 aromatic heterocycles. The van der Waals surface area contributed by atoms with Gasteiger partial charge in [0.15, 0.2) is 0 Å². The third-order valence-electron chi connectivity index (χ3n) is 3.11. The number of carboxylic acids is 1. The van der Waals surface area contributed by atoms with Crippen LogP contribution in [0.2, 0.25) is 5.02 Å². The molecule has 1 saturated heterocycles. The van der Waals surface area contributed by atoms with Crippen molar-refractivity contribution in [1.82, 2.24) is 0 Å². The van der Waals surface area contributed by atoms with E-state index in [1.165, 1.54) is 0 Å². The van der Waals surface area contributed by atoms with Crippen molar-refractivity contribution in [3.8, 4) is 0 Å². The van der Waals surface area contributed by atoms with Crippen molar-refractivity contribution in [3.05, 3.63) is 28.8 Å². The zero-order valence-corrected chi connectivity index (χ0v) is 11.1. The van der Waals surface area contributed by atoms with Gasteiger partial charge >= 0.3 is 5.97 Å². The topological polar surface area (TPSA) is 49.8 Å². The van der Waals surface area contributed by atoms with Crippen LogP contribution in [0, 0.1) is 0 Å². The van der Waals surface area contributed by atoms with E-state index >= 15 is 0 Å². The maximum Gasteiger partial charge on any atom is 0.337 e. The first-order valence-corrected chi connectivity index (χ1v) is 6.28. The normalized spacial score (nSPS) is 24.1. The SMILES string of the molecule is CC1CN(c2c(Cl)cccc2C(=O)O)C(C)CO1. The average molecular weight is 270 g/mol. The van der Waals surface area contributed by atoms with Crippen molar-refractivity contribution in [2.24, 2.45) is 0 Å². The highest BCUT2D eigenvalue weighted by Gasteiger charge is 2.28. The summed E-state index contributed by atoms with van der Waals surface area (Å²) in [6, 6.07) is 5.07. The van der Waals surface area contributed by atoms with Crippen LogP contribution in [0.4, 0.5) is 5.69 Å². The van der Waals surface area contributed by atoms with Crippen molar-refractivity contribution >= 4 is 23.3 Å². The number of hydrogen-bond acceptors (Lipinski definition) is 3. The Balaban J connectivity index is 2.45. The van der Waals surface area contributed by atoms with E-state index in [0.29, 0.717) is 23.9 Å². The molecule has 1 N–H and O–H groups in total. The average Bonchev–Trinajstić information content (AvgIpc) is 2.32. The molecule has 1 aromatic rings. The van der Waals surface area contributed by atoms with Gasteiger partial charge in [0, 0.05) is 12.6 Å². The van der Waals surface area contributed by atoms with Crippen LogP contribution in [0.15, 0.2) is 18.2 Å². The molecule has 1 aromatic carbocycles. The largest absolute Gasteiger partial charge is 0.478 e. The molecule has 1 aliphatic heterocycles. The van der Waals surface area contributed by atoms with Crippen molar-refractivity contribution < 1.29 is 14.6 Å². The zero-order chi connectivity index (χ0) is 13.3. The van der Waals surface area contributed by atoms with E-state index in [0.717, 1.165) is 0 Å². The lowest BCUT2D eigenvalue weighted by Gasteiger charge is -2.39. The summed E-state index contributed by atoms with van der Waals surface area (Å²) in [6.07, 6.45) is 0.0686. The molecule has 2 atom stereocenters. The highest BCUT2D eigenvalue weighted by Crippen LogP contribution is 2.33. The van der Waals surface area contributed by atoms with Crippen LogP contribution in [0.3, 0.4) is 0 Å². The van der Waals surface area contributed by atoms with E-state index in [1.807, 2.05) is 18.7 Å². The molecular formula is C13H16ClNO3. The molecule has 0 saturated carbocycles. The fourth-order valence-electron chi connectivity index (χ4n) is 2.19. The number of benzene rings is 1. The molecule has 0 radical (unpaired) electrons. The maximum absolute atomic E-state index is 11.3. The Morgan fingerprint density at radius 2 is 2.22 bits per heavy atom. The second kappa shape index (κ2) is 5.16. The lowest BCUT2D eigenvalue weighted by Crippen LogP contribution is -2.48. The summed E-state index contributed by atoms with van der Waals surface area (Å²) in [4.78, 5) is 13.3. The van der Waals surface area contributed by atoms with Gasteiger partial charge in [-0.2, -0.15) is 0 Å². The minimum atomic E-state index is -0.959. The van der Waals surface area contributed by atoms with Crippen LogP contribution in [0.1, 0.15) is 24.2 Å². The molecule has 1 aliphatic rings. The van der Waals surface area contributed by atoms with Gasteiger partial charge in [-0.3, -0.25) is 0 Å². The minimum Gasteiger partial charge on any atom is -0.478 e. The van der Waals surface area contributed by atoms with E-state index in [-0.39, 0.29) is 17.7 Å². The first-order valence-electron chi connectivity index (χ1n) is 5.90. The van der Waals surface area contributed by atoms with Crippen LogP contribution >= 0.6 is 11.6 Å². The summed E-state index contributed by atoms with van der Waals surface area (Å²) in [5, 5.41) is 9.72. The third-order valence-corrected chi connectivity index (χ3v) is 3.42. The lowest BCUT2D eigenvalue weighted by molar-refractivity contribution is 0.0341. The van der Waals surface area contributed by atoms with Crippen LogP contribution in [0.5, 0.6) is 0 Å². The summed E-state index contributed by atoms with van der Waals surface area (Å²) >= 11 is 6.17. The van der Waals surface area contributed by atoms with Gasteiger partial charge in [0.05, 0.1) is 29.0 Å². The van der Waals surface area contributed by atoms with Crippen LogP contribution in [-0.2, 0) is 4.74 Å². The molecule has 0 aliphatic carbocycles. The van der Waals surface area contributed by atoms with Crippen LogP contribution < -0.4 is 4.90 Å². The fraction of sp³-hybridized carbons (Fsp3) is 0.462. The van der Waals surface area contributed by atoms with Crippen molar-refractivity contribution in [2.45, 2.75) is 26.0 Å². The third kappa shape index (κ3) is 2.44. The number of anilines is 1. The Bertz CT molecular complexity index is 464. The lowest BCUT2D eigenvalue weighted by atomic mass is 10.1. The molecule has 1 fully saturated rings. The molecular weight excluding hydrogens is 254 g/mol. The Labute approximate surface area is 111 Å². The summed E-state index contributed by atoms with van der Waals surface area (Å²) in [7, 11) is 0. The number of ether oxygens (including phenoxy) is 1. The Morgan fingerprint density at radius 1 is 1.50 bits per heavy atom. The number of halogens is 1. The Kier molecular flexibility index (Phi) is 3.78. The second-order valence-corrected chi connectivity index (χ2v) is 4.99. The molecule has 1 heterocycles. The van der Waals surface area contributed by atoms with Gasteiger partial charge in [-0.15, -0.1) is 0 Å². The minimum absolute atomic E-state index is 0.0686. The first-order chi connectivity index (χ1) is 8.50. The van der Waals surface area contributed by atoms with Gasteiger partial charge in [-0.25, -0.2) is 4.79 Å². The van der Waals surface area contributed by atoms with Gasteiger partial charge in [0.25, 0.3) is 0 Å². The molecule has 98 valence electrons. The number of nitrogens with zero attached hydrogens (tertiary/aromatic N) is 1.